The van der Waals surface area contributed by atoms with Crippen LogP contribution in [-0.4, -0.2) is 20.4 Å². The summed E-state index contributed by atoms with van der Waals surface area (Å²) in [4.78, 5) is 30.0. The topological polar surface area (TPSA) is 77.5 Å². The number of furan rings is 1. The quantitative estimate of drug-likeness (QED) is 0.413. The van der Waals surface area contributed by atoms with Gasteiger partial charge in [-0.05, 0) is 30.5 Å². The average molecular weight is 419 g/mol. The summed E-state index contributed by atoms with van der Waals surface area (Å²) < 4.78 is 7.70. The summed E-state index contributed by atoms with van der Waals surface area (Å²) in [6.07, 6.45) is 1.70. The van der Waals surface area contributed by atoms with Crippen LogP contribution in [0, 0.1) is 0 Å². The molecule has 0 aliphatic rings. The standard InChI is InChI=1S/C21H13N3O3S2/c1-12(25)13-4-6-14(7-5-13)16-9-8-15(27-16)11-18-20(26)24-21(29-18)22-19(23-24)17-3-2-10-28-17/h2-11H,1H3. The van der Waals surface area contributed by atoms with Crippen molar-refractivity contribution in [3.8, 4) is 22.0 Å². The van der Waals surface area contributed by atoms with Crippen molar-refractivity contribution in [1.82, 2.24) is 14.6 Å². The van der Waals surface area contributed by atoms with E-state index in [1.165, 1.54) is 34.1 Å². The van der Waals surface area contributed by atoms with Crippen LogP contribution < -0.4 is 10.1 Å². The van der Waals surface area contributed by atoms with E-state index in [1.54, 1.807) is 24.3 Å². The fraction of sp³-hybridized carbons (Fsp3) is 0.0476. The molecule has 1 aromatic carbocycles. The number of thiazole rings is 1. The van der Waals surface area contributed by atoms with Crippen molar-refractivity contribution in [3.63, 3.8) is 0 Å². The van der Waals surface area contributed by atoms with Crippen molar-refractivity contribution in [2.45, 2.75) is 6.92 Å². The zero-order valence-electron chi connectivity index (χ0n) is 15.2. The number of ketones is 1. The Labute approximate surface area is 172 Å². The lowest BCUT2D eigenvalue weighted by Crippen LogP contribution is -2.23. The van der Waals surface area contributed by atoms with Crippen molar-refractivity contribution in [1.29, 1.82) is 0 Å². The largest absolute Gasteiger partial charge is 0.457 e. The lowest BCUT2D eigenvalue weighted by molar-refractivity contribution is 0.101. The van der Waals surface area contributed by atoms with Gasteiger partial charge in [-0.3, -0.25) is 9.59 Å². The molecule has 0 aliphatic heterocycles. The van der Waals surface area contributed by atoms with E-state index < -0.39 is 0 Å². The molecule has 142 valence electrons. The highest BCUT2D eigenvalue weighted by Crippen LogP contribution is 2.24. The summed E-state index contributed by atoms with van der Waals surface area (Å²) in [5.41, 5.74) is 1.30. The molecular formula is C21H13N3O3S2. The van der Waals surface area contributed by atoms with Gasteiger partial charge in [-0.2, -0.15) is 9.50 Å². The van der Waals surface area contributed by atoms with Gasteiger partial charge < -0.3 is 4.42 Å². The Bertz CT molecular complexity index is 1440. The lowest BCUT2D eigenvalue weighted by Gasteiger charge is -1.98. The number of fused-ring (bicyclic) bond motifs is 1. The Morgan fingerprint density at radius 3 is 2.66 bits per heavy atom. The van der Waals surface area contributed by atoms with Gasteiger partial charge in [-0.15, -0.1) is 16.4 Å². The minimum atomic E-state index is -0.218. The summed E-state index contributed by atoms with van der Waals surface area (Å²) in [6, 6.07) is 14.7. The Hall–Kier alpha value is -3.36. The van der Waals surface area contributed by atoms with Crippen LogP contribution in [0.2, 0.25) is 0 Å². The molecule has 0 saturated heterocycles. The first kappa shape index (κ1) is 17.7. The molecule has 4 heterocycles. The number of nitrogens with zero attached hydrogens (tertiary/aromatic N) is 3. The number of carbonyl (C=O) groups excluding carboxylic acids is 1. The van der Waals surface area contributed by atoms with Gasteiger partial charge in [0, 0.05) is 17.2 Å². The van der Waals surface area contributed by atoms with Gasteiger partial charge in [0.2, 0.25) is 4.96 Å². The van der Waals surface area contributed by atoms with Crippen molar-refractivity contribution in [2.24, 2.45) is 0 Å². The lowest BCUT2D eigenvalue weighted by atomic mass is 10.1. The summed E-state index contributed by atoms with van der Waals surface area (Å²) >= 11 is 2.81. The van der Waals surface area contributed by atoms with Gasteiger partial charge in [0.15, 0.2) is 11.6 Å². The first-order valence-corrected chi connectivity index (χ1v) is 10.4. The van der Waals surface area contributed by atoms with E-state index in [0.29, 0.717) is 32.4 Å². The second kappa shape index (κ2) is 6.91. The molecule has 0 N–H and O–H groups in total. The van der Waals surface area contributed by atoms with E-state index in [2.05, 4.69) is 10.1 Å². The van der Waals surface area contributed by atoms with Gasteiger partial charge in [0.1, 0.15) is 16.1 Å². The third kappa shape index (κ3) is 3.22. The van der Waals surface area contributed by atoms with Crippen LogP contribution in [-0.2, 0) is 0 Å². The SMILES string of the molecule is CC(=O)c1ccc(-c2ccc(C=c3sc4nc(-c5cccs5)nn4c3=O)o2)cc1. The highest BCUT2D eigenvalue weighted by Gasteiger charge is 2.13. The number of benzene rings is 1. The number of rotatable bonds is 4. The molecule has 29 heavy (non-hydrogen) atoms. The Morgan fingerprint density at radius 1 is 1.14 bits per heavy atom. The van der Waals surface area contributed by atoms with Gasteiger partial charge >= 0.3 is 0 Å². The van der Waals surface area contributed by atoms with Crippen molar-refractivity contribution < 1.29 is 9.21 Å². The molecule has 0 spiro atoms. The predicted octanol–water partition coefficient (Wildman–Crippen LogP) is 3.89. The predicted molar refractivity (Wildman–Crippen MR) is 113 cm³/mol. The second-order valence-corrected chi connectivity index (χ2v) is 8.32. The molecule has 5 aromatic rings. The zero-order chi connectivity index (χ0) is 20.0. The van der Waals surface area contributed by atoms with Gasteiger partial charge in [-0.25, -0.2) is 0 Å². The molecule has 8 heteroatoms. The van der Waals surface area contributed by atoms with Crippen LogP contribution in [0.25, 0.3) is 33.1 Å². The molecule has 4 aromatic heterocycles. The summed E-state index contributed by atoms with van der Waals surface area (Å²) in [5, 5.41) is 6.28. The van der Waals surface area contributed by atoms with Crippen LogP contribution in [0.4, 0.5) is 0 Å². The molecule has 0 aliphatic carbocycles. The van der Waals surface area contributed by atoms with Crippen LogP contribution in [0.15, 0.2) is 63.1 Å². The maximum atomic E-state index is 12.7. The highest BCUT2D eigenvalue weighted by atomic mass is 32.1. The molecule has 0 amide bonds. The Morgan fingerprint density at radius 2 is 1.97 bits per heavy atom. The monoisotopic (exact) mass is 419 g/mol. The minimum Gasteiger partial charge on any atom is -0.457 e. The number of carbonyl (C=O) groups is 1. The second-order valence-electron chi connectivity index (χ2n) is 6.36. The van der Waals surface area contributed by atoms with Crippen molar-refractivity contribution in [2.75, 3.05) is 0 Å². The average Bonchev–Trinajstić information content (AvgIpc) is 3.49. The normalized spacial score (nSPS) is 12.1. The van der Waals surface area contributed by atoms with E-state index in [-0.39, 0.29) is 11.3 Å². The summed E-state index contributed by atoms with van der Waals surface area (Å²) in [6.45, 7) is 1.53. The highest BCUT2D eigenvalue weighted by molar-refractivity contribution is 7.15. The summed E-state index contributed by atoms with van der Waals surface area (Å²) in [7, 11) is 0. The van der Waals surface area contributed by atoms with Crippen molar-refractivity contribution in [3.05, 3.63) is 80.1 Å². The summed E-state index contributed by atoms with van der Waals surface area (Å²) in [5.74, 6) is 1.81. The zero-order valence-corrected chi connectivity index (χ0v) is 16.8. The van der Waals surface area contributed by atoms with E-state index >= 15 is 0 Å². The molecular weight excluding hydrogens is 406 g/mol. The third-order valence-electron chi connectivity index (χ3n) is 4.40. The van der Waals surface area contributed by atoms with Crippen LogP contribution >= 0.6 is 22.7 Å². The van der Waals surface area contributed by atoms with Gasteiger partial charge in [0.05, 0.1) is 4.88 Å². The Kier molecular flexibility index (Phi) is 4.22. The number of thiophene rings is 1. The first-order valence-electron chi connectivity index (χ1n) is 8.75. The molecule has 0 fully saturated rings. The third-order valence-corrected chi connectivity index (χ3v) is 6.22. The molecule has 5 rings (SSSR count). The minimum absolute atomic E-state index is 0.0199. The van der Waals surface area contributed by atoms with Crippen molar-refractivity contribution >= 4 is 39.5 Å². The van der Waals surface area contributed by atoms with E-state index in [9.17, 15) is 9.59 Å². The fourth-order valence-electron chi connectivity index (χ4n) is 2.93. The van der Waals surface area contributed by atoms with E-state index in [0.717, 1.165) is 10.4 Å². The smallest absolute Gasteiger partial charge is 0.291 e. The van der Waals surface area contributed by atoms with Crippen LogP contribution in [0.5, 0.6) is 0 Å². The number of Topliss-reactive ketones (excluding diaryl/α,β-unsaturated/α-hetero) is 1. The molecule has 0 atom stereocenters. The molecule has 0 unspecified atom stereocenters. The molecule has 0 radical (unpaired) electrons. The fourth-order valence-corrected chi connectivity index (χ4v) is 4.47. The maximum absolute atomic E-state index is 12.7. The Balaban J connectivity index is 1.48. The number of hydrogen-bond acceptors (Lipinski definition) is 7. The van der Waals surface area contributed by atoms with E-state index in [4.69, 9.17) is 4.42 Å². The number of aromatic nitrogens is 3. The molecule has 0 saturated carbocycles. The molecule has 6 nitrogen and oxygen atoms in total. The maximum Gasteiger partial charge on any atom is 0.291 e. The van der Waals surface area contributed by atoms with Crippen LogP contribution in [0.3, 0.4) is 0 Å². The molecule has 0 bridgehead atoms. The first-order chi connectivity index (χ1) is 14.1. The van der Waals surface area contributed by atoms with Gasteiger partial charge in [-0.1, -0.05) is 41.7 Å². The van der Waals surface area contributed by atoms with E-state index in [1.807, 2.05) is 35.7 Å². The number of hydrogen-bond donors (Lipinski definition) is 0. The van der Waals surface area contributed by atoms with Crippen LogP contribution in [0.1, 0.15) is 23.0 Å². The van der Waals surface area contributed by atoms with Gasteiger partial charge in [0.25, 0.3) is 5.56 Å².